The van der Waals surface area contributed by atoms with E-state index in [9.17, 15) is 52.3 Å². The standard InChI is InChI=1S/2C18H15OP.C2F6NO4S2.Fe/c2*19-20(16-10-4-1-5-11-16,17-12-6-2-7-13-17)18-14-8-3-9-15-18;3-1(4,5)14(10,11)9-15(12,13)2(6,7)8;/h2*1-15H;;/q;;-1;+2. The molecule has 0 unspecified atom stereocenters. The van der Waals surface area contributed by atoms with Crippen molar-refractivity contribution in [3.05, 3.63) is 186 Å². The minimum absolute atomic E-state index is 0. The van der Waals surface area contributed by atoms with E-state index < -0.39 is 45.3 Å². The largest absolute Gasteiger partial charge is 2.00 e. The van der Waals surface area contributed by atoms with Gasteiger partial charge in [-0.2, -0.15) is 26.3 Å². The van der Waals surface area contributed by atoms with Crippen LogP contribution in [0.5, 0.6) is 0 Å². The van der Waals surface area contributed by atoms with Crippen molar-refractivity contribution in [2.45, 2.75) is 11.0 Å². The Balaban J connectivity index is 0.000000227. The maximum absolute atomic E-state index is 13.8. The molecule has 6 aromatic rings. The number of hydrogen-bond acceptors (Lipinski definition) is 6. The number of sulfonamides is 2. The number of rotatable bonds is 8. The first kappa shape index (κ1) is 46.1. The van der Waals surface area contributed by atoms with Crippen molar-refractivity contribution in [1.82, 2.24) is 0 Å². The van der Waals surface area contributed by atoms with E-state index in [2.05, 4.69) is 0 Å². The van der Waals surface area contributed by atoms with Crippen molar-refractivity contribution in [3.63, 3.8) is 0 Å². The third-order valence-corrected chi connectivity index (χ3v) is 16.4. The molecule has 0 bridgehead atoms. The van der Waals surface area contributed by atoms with Gasteiger partial charge >= 0.3 is 28.1 Å². The van der Waals surface area contributed by atoms with Crippen molar-refractivity contribution in [1.29, 1.82) is 0 Å². The normalized spacial score (nSPS) is 12.1. The molecule has 0 aromatic heterocycles. The van der Waals surface area contributed by atoms with Crippen molar-refractivity contribution in [3.8, 4) is 0 Å². The number of alkyl halides is 6. The zero-order valence-electron chi connectivity index (χ0n) is 28.5. The fourth-order valence-electron chi connectivity index (χ4n) is 4.94. The summed E-state index contributed by atoms with van der Waals surface area (Å²) in [7, 11) is -19.0. The van der Waals surface area contributed by atoms with Crippen molar-refractivity contribution in [2.24, 2.45) is 0 Å². The third kappa shape index (κ3) is 11.0. The second-order valence-electron chi connectivity index (χ2n) is 11.1. The van der Waals surface area contributed by atoms with Gasteiger partial charge in [-0.25, -0.2) is 16.8 Å². The Morgan fingerprint density at radius 2 is 0.482 bits per heavy atom. The van der Waals surface area contributed by atoms with Gasteiger partial charge in [-0.1, -0.05) is 182 Å². The summed E-state index contributed by atoms with van der Waals surface area (Å²) >= 11 is 0. The Morgan fingerprint density at radius 1 is 0.339 bits per heavy atom. The molecule has 18 heteroatoms. The van der Waals surface area contributed by atoms with Gasteiger partial charge in [0.15, 0.2) is 34.3 Å². The molecule has 294 valence electrons. The van der Waals surface area contributed by atoms with Gasteiger partial charge < -0.3 is 13.3 Å². The van der Waals surface area contributed by atoms with Gasteiger partial charge in [0.2, 0.25) is 0 Å². The Hall–Kier alpha value is -4.26. The van der Waals surface area contributed by atoms with Crippen LogP contribution in [0.4, 0.5) is 26.3 Å². The van der Waals surface area contributed by atoms with Crippen LogP contribution in [0.2, 0.25) is 0 Å². The molecule has 7 nitrogen and oxygen atoms in total. The summed E-state index contributed by atoms with van der Waals surface area (Å²) < 4.78 is 137. The molecule has 0 saturated heterocycles. The second-order valence-corrected chi connectivity index (χ2v) is 20.1. The topological polar surface area (TPSA) is 117 Å². The predicted molar refractivity (Wildman–Crippen MR) is 205 cm³/mol. The number of benzene rings is 6. The molecular formula is C38H30F6FeNO6P2S2+. The van der Waals surface area contributed by atoms with Crippen molar-refractivity contribution >= 4 is 66.2 Å². The smallest absolute Gasteiger partial charge is 0.421 e. The van der Waals surface area contributed by atoms with Gasteiger partial charge in [0, 0.05) is 31.8 Å². The summed E-state index contributed by atoms with van der Waals surface area (Å²) in [6, 6.07) is 58.3. The van der Waals surface area contributed by atoms with Gasteiger partial charge in [0.05, 0.1) is 0 Å². The summed E-state index contributed by atoms with van der Waals surface area (Å²) in [6.45, 7) is 0. The second kappa shape index (κ2) is 19.3. The minimum Gasteiger partial charge on any atom is -0.421 e. The van der Waals surface area contributed by atoms with Gasteiger partial charge in [-0.15, -0.1) is 0 Å². The summed E-state index contributed by atoms with van der Waals surface area (Å²) in [5.41, 5.74) is -12.4. The van der Waals surface area contributed by atoms with Crippen LogP contribution in [0.25, 0.3) is 4.13 Å². The molecule has 0 radical (unpaired) electrons. The van der Waals surface area contributed by atoms with E-state index in [1.807, 2.05) is 182 Å². The number of nitrogens with zero attached hydrogens (tertiary/aromatic N) is 1. The first-order valence-electron chi connectivity index (χ1n) is 15.7. The summed E-state index contributed by atoms with van der Waals surface area (Å²) in [4.78, 5) is 0. The maximum Gasteiger partial charge on any atom is 2.00 e. The van der Waals surface area contributed by atoms with Crippen molar-refractivity contribution < 1.29 is 69.4 Å². The molecular weight excluding hydrogens is 862 g/mol. The van der Waals surface area contributed by atoms with E-state index >= 15 is 0 Å². The molecule has 0 N–H and O–H groups in total. The van der Waals surface area contributed by atoms with Crippen LogP contribution in [0.1, 0.15) is 0 Å². The van der Waals surface area contributed by atoms with E-state index in [0.29, 0.717) is 0 Å². The Kier molecular flexibility index (Phi) is 15.9. The number of hydrogen-bond donors (Lipinski definition) is 0. The molecule has 0 atom stereocenters. The van der Waals surface area contributed by atoms with Gasteiger partial charge in [-0.3, -0.25) is 0 Å². The fraction of sp³-hybridized carbons (Fsp3) is 0.0526. The maximum atomic E-state index is 13.8. The van der Waals surface area contributed by atoms with Crippen molar-refractivity contribution in [2.75, 3.05) is 0 Å². The Labute approximate surface area is 331 Å². The molecule has 56 heavy (non-hydrogen) atoms. The summed E-state index contributed by atoms with van der Waals surface area (Å²) in [5.74, 6) is 0. The molecule has 0 spiro atoms. The van der Waals surface area contributed by atoms with Crippen LogP contribution in [-0.2, 0) is 46.2 Å². The van der Waals surface area contributed by atoms with E-state index in [1.165, 1.54) is 0 Å². The molecule has 0 heterocycles. The summed E-state index contributed by atoms with van der Waals surface area (Å²) in [6.07, 6.45) is 0. The monoisotopic (exact) mass is 892 g/mol. The quantitative estimate of drug-likeness (QED) is 0.0879. The average Bonchev–Trinajstić information content (AvgIpc) is 3.18. The Morgan fingerprint density at radius 3 is 0.607 bits per heavy atom. The first-order chi connectivity index (χ1) is 25.8. The van der Waals surface area contributed by atoms with Crippen LogP contribution in [0.15, 0.2) is 182 Å². The van der Waals surface area contributed by atoms with Crippen LogP contribution < -0.4 is 31.8 Å². The Bertz CT molecular complexity index is 2070. The van der Waals surface area contributed by atoms with Crippen LogP contribution in [0.3, 0.4) is 0 Å². The third-order valence-electron chi connectivity index (χ3n) is 7.50. The zero-order valence-corrected chi connectivity index (χ0v) is 33.1. The fourth-order valence-corrected chi connectivity index (χ4v) is 12.0. The van der Waals surface area contributed by atoms with Crippen LogP contribution in [-0.4, -0.2) is 27.9 Å². The van der Waals surface area contributed by atoms with Gasteiger partial charge in [0.25, 0.3) is 0 Å². The van der Waals surface area contributed by atoms with Crippen LogP contribution >= 0.6 is 14.3 Å². The molecule has 6 aromatic carbocycles. The van der Waals surface area contributed by atoms with Gasteiger partial charge in [-0.05, 0) is 0 Å². The zero-order chi connectivity index (χ0) is 40.4. The molecule has 0 aliphatic heterocycles. The first-order valence-corrected chi connectivity index (χ1v) is 22.0. The molecule has 0 aliphatic rings. The molecule has 0 saturated carbocycles. The summed E-state index contributed by atoms with van der Waals surface area (Å²) in [5, 5.41) is 5.24. The molecule has 0 amide bonds. The predicted octanol–water partition coefficient (Wildman–Crippen LogP) is 7.71. The number of halogens is 6. The SMILES string of the molecule is O=P(c1ccccc1)(c1ccccc1)c1ccccc1.O=P(c1ccccc1)(c1ccccc1)c1ccccc1.O=S(=O)([N-]S(=O)(=O)C(F)(F)F)C(F)(F)F.[Fe+2]. The van der Waals surface area contributed by atoms with E-state index in [4.69, 9.17) is 0 Å². The van der Waals surface area contributed by atoms with Crippen LogP contribution in [0, 0.1) is 0 Å². The molecule has 6 rings (SSSR count). The average molecular weight is 893 g/mol. The van der Waals surface area contributed by atoms with E-state index in [-0.39, 0.29) is 17.1 Å². The molecule has 0 fully saturated rings. The molecule has 0 aliphatic carbocycles. The van der Waals surface area contributed by atoms with E-state index in [0.717, 1.165) is 36.0 Å². The van der Waals surface area contributed by atoms with Gasteiger partial charge in [0.1, 0.15) is 0 Å². The minimum atomic E-state index is -6.72. The van der Waals surface area contributed by atoms with E-state index in [1.54, 1.807) is 0 Å².